The molecular weight excluding hydrogens is 388 g/mol. The molecule has 0 aliphatic carbocycles. The number of para-hydroxylation sites is 1. The maximum Gasteiger partial charge on any atom is 0.258 e. The number of benzene rings is 1. The van der Waals surface area contributed by atoms with Gasteiger partial charge in [-0.05, 0) is 53.2 Å². The van der Waals surface area contributed by atoms with Crippen LogP contribution < -0.4 is 10.4 Å². The summed E-state index contributed by atoms with van der Waals surface area (Å²) in [6.45, 7) is 23.5. The Labute approximate surface area is 190 Å². The third-order valence-corrected chi connectivity index (χ3v) is 3.33. The van der Waals surface area contributed by atoms with Crippen molar-refractivity contribution in [2.45, 2.75) is 60.8 Å². The molecule has 1 N–H and O–H groups in total. The lowest BCUT2D eigenvalue weighted by Gasteiger charge is -2.14. The number of hydrogen-bond acceptors (Lipinski definition) is 3. The first kappa shape index (κ1) is 33.0. The Morgan fingerprint density at radius 2 is 1.39 bits per heavy atom. The summed E-state index contributed by atoms with van der Waals surface area (Å²) in [5, 5.41) is 1.35. The first-order chi connectivity index (χ1) is 14.9. The highest BCUT2D eigenvalue weighted by atomic mass is 16.5. The van der Waals surface area contributed by atoms with Crippen molar-refractivity contribution in [3.05, 3.63) is 68.3 Å². The van der Waals surface area contributed by atoms with Crippen LogP contribution in [0.15, 0.2) is 68.3 Å². The van der Waals surface area contributed by atoms with Gasteiger partial charge in [0.15, 0.2) is 0 Å². The van der Waals surface area contributed by atoms with Gasteiger partial charge in [0.2, 0.25) is 0 Å². The normalized spacial score (nSPS) is 13.4. The van der Waals surface area contributed by atoms with Crippen LogP contribution in [0.2, 0.25) is 0 Å². The zero-order valence-electron chi connectivity index (χ0n) is 20.5. The summed E-state index contributed by atoms with van der Waals surface area (Å²) in [6, 6.07) is 9.17. The van der Waals surface area contributed by atoms with E-state index in [4.69, 9.17) is 4.74 Å². The Balaban J connectivity index is -0.000000463. The van der Waals surface area contributed by atoms with Gasteiger partial charge in [0, 0.05) is 13.2 Å². The van der Waals surface area contributed by atoms with Gasteiger partial charge < -0.3 is 4.74 Å². The fraction of sp³-hybridized carbons (Fsp3) is 0.462. The average Bonchev–Trinajstić information content (AvgIpc) is 3.03. The van der Waals surface area contributed by atoms with Gasteiger partial charge in [0.25, 0.3) is 11.8 Å². The molecule has 1 heterocycles. The van der Waals surface area contributed by atoms with Crippen LogP contribution in [-0.4, -0.2) is 25.0 Å². The molecule has 0 bridgehead atoms. The molecule has 0 spiro atoms. The highest BCUT2D eigenvalue weighted by Crippen LogP contribution is 2.22. The molecule has 1 aliphatic rings. The molecule has 2 rings (SSSR count). The van der Waals surface area contributed by atoms with Crippen molar-refractivity contribution in [3.63, 3.8) is 0 Å². The lowest BCUT2D eigenvalue weighted by atomic mass is 10.0. The molecule has 1 fully saturated rings. The zero-order valence-corrected chi connectivity index (χ0v) is 20.5. The largest absolute Gasteiger partial charge is 0.382 e. The maximum absolute atomic E-state index is 12.1. The molecule has 176 valence electrons. The first-order valence-corrected chi connectivity index (χ1v) is 10.9. The molecule has 5 nitrogen and oxygen atoms in total. The Morgan fingerprint density at radius 3 is 1.74 bits per heavy atom. The van der Waals surface area contributed by atoms with Crippen molar-refractivity contribution in [2.75, 3.05) is 18.2 Å². The number of nitrogens with one attached hydrogen (secondary N) is 1. The molecule has 1 saturated heterocycles. The highest BCUT2D eigenvalue weighted by molar-refractivity contribution is 6.14. The predicted octanol–water partition coefficient (Wildman–Crippen LogP) is 6.49. The monoisotopic (exact) mass is 432 g/mol. The van der Waals surface area contributed by atoms with Crippen molar-refractivity contribution in [3.8, 4) is 0 Å². The standard InChI is InChI=1S/C13H16N2O2.C4H10O.3C3H6/c1-2-3-9-11-12(16)14-15(13(11)17)10-7-5-4-6-8-10;1-3-5-4-2;3*1-3-2/h4-8,11H,2-3,9H2,1H3,(H,14,16);3-4H2,1-2H3;3*3H,1H2,2H3. The van der Waals surface area contributed by atoms with E-state index in [-0.39, 0.29) is 11.8 Å². The van der Waals surface area contributed by atoms with Crippen LogP contribution >= 0.6 is 0 Å². The molecule has 1 atom stereocenters. The van der Waals surface area contributed by atoms with Gasteiger partial charge >= 0.3 is 0 Å². The molecule has 2 amide bonds. The first-order valence-electron chi connectivity index (χ1n) is 10.9. The number of hydrogen-bond donors (Lipinski definition) is 1. The summed E-state index contributed by atoms with van der Waals surface area (Å²) in [6.07, 6.45) is 7.76. The number of nitrogens with zero attached hydrogens (tertiary/aromatic N) is 1. The number of carbonyl (C=O) groups excluding carboxylic acids is 2. The van der Waals surface area contributed by atoms with Crippen LogP contribution in [0.3, 0.4) is 0 Å². The van der Waals surface area contributed by atoms with Crippen molar-refractivity contribution < 1.29 is 14.3 Å². The number of hydrazine groups is 1. The quantitative estimate of drug-likeness (QED) is 0.413. The van der Waals surface area contributed by atoms with Crippen LogP contribution in [0.1, 0.15) is 60.8 Å². The SMILES string of the molecule is C=CC.C=CC.C=CC.CCCCC1C(=O)NN(c2ccccc2)C1=O.CCOCC. The molecule has 1 unspecified atom stereocenters. The van der Waals surface area contributed by atoms with E-state index in [0.29, 0.717) is 12.1 Å². The van der Waals surface area contributed by atoms with Crippen molar-refractivity contribution >= 4 is 17.5 Å². The second-order valence-electron chi connectivity index (χ2n) is 6.19. The minimum absolute atomic E-state index is 0.144. The number of carbonyl (C=O) groups is 2. The number of rotatable bonds is 6. The van der Waals surface area contributed by atoms with E-state index in [2.05, 4.69) is 25.2 Å². The summed E-state index contributed by atoms with van der Waals surface area (Å²) in [5.74, 6) is -0.850. The van der Waals surface area contributed by atoms with Crippen LogP contribution in [0.4, 0.5) is 5.69 Å². The summed E-state index contributed by atoms with van der Waals surface area (Å²) < 4.78 is 4.83. The highest BCUT2D eigenvalue weighted by Gasteiger charge is 2.39. The van der Waals surface area contributed by atoms with Crippen LogP contribution in [0, 0.1) is 5.92 Å². The number of amides is 2. The van der Waals surface area contributed by atoms with Crippen LogP contribution in [0.5, 0.6) is 0 Å². The second-order valence-corrected chi connectivity index (χ2v) is 6.19. The Bertz CT molecular complexity index is 569. The van der Waals surface area contributed by atoms with Crippen LogP contribution in [0.25, 0.3) is 0 Å². The van der Waals surface area contributed by atoms with Gasteiger partial charge in [-0.3, -0.25) is 15.0 Å². The second kappa shape index (κ2) is 25.4. The summed E-state index contributed by atoms with van der Waals surface area (Å²) >= 11 is 0. The van der Waals surface area contributed by atoms with E-state index in [1.165, 1.54) is 5.01 Å². The van der Waals surface area contributed by atoms with E-state index in [1.807, 2.05) is 59.7 Å². The number of ether oxygens (including phenoxy) is 1. The lowest BCUT2D eigenvalue weighted by Crippen LogP contribution is -2.35. The number of anilines is 1. The Morgan fingerprint density at radius 1 is 0.935 bits per heavy atom. The molecule has 31 heavy (non-hydrogen) atoms. The summed E-state index contributed by atoms with van der Waals surface area (Å²) in [5.41, 5.74) is 3.34. The van der Waals surface area contributed by atoms with Gasteiger partial charge in [-0.15, -0.1) is 19.7 Å². The summed E-state index contributed by atoms with van der Waals surface area (Å²) in [7, 11) is 0. The third kappa shape index (κ3) is 17.9. The lowest BCUT2D eigenvalue weighted by molar-refractivity contribution is -0.127. The zero-order chi connectivity index (χ0) is 24.5. The van der Waals surface area contributed by atoms with E-state index in [0.717, 1.165) is 26.1 Å². The molecule has 1 aromatic rings. The van der Waals surface area contributed by atoms with Crippen molar-refractivity contribution in [2.24, 2.45) is 5.92 Å². The van der Waals surface area contributed by atoms with Gasteiger partial charge in [0.1, 0.15) is 5.92 Å². The van der Waals surface area contributed by atoms with E-state index in [9.17, 15) is 9.59 Å². The van der Waals surface area contributed by atoms with Gasteiger partial charge in [0.05, 0.1) is 5.69 Å². The third-order valence-electron chi connectivity index (χ3n) is 3.33. The van der Waals surface area contributed by atoms with E-state index in [1.54, 1.807) is 30.4 Å². The van der Waals surface area contributed by atoms with Crippen LogP contribution in [-0.2, 0) is 14.3 Å². The molecule has 0 saturated carbocycles. The smallest absolute Gasteiger partial charge is 0.258 e. The molecule has 1 aromatic carbocycles. The number of unbranched alkanes of at least 4 members (excludes halogenated alkanes) is 1. The van der Waals surface area contributed by atoms with Gasteiger partial charge in [-0.2, -0.15) is 0 Å². The average molecular weight is 433 g/mol. The van der Waals surface area contributed by atoms with E-state index >= 15 is 0 Å². The topological polar surface area (TPSA) is 58.6 Å². The minimum atomic E-state index is -0.518. The van der Waals surface area contributed by atoms with Gasteiger partial charge in [-0.1, -0.05) is 56.2 Å². The molecule has 1 aliphatic heterocycles. The maximum atomic E-state index is 12.1. The fourth-order valence-corrected chi connectivity index (χ4v) is 2.15. The van der Waals surface area contributed by atoms with Crippen molar-refractivity contribution in [1.29, 1.82) is 0 Å². The Kier molecular flexibility index (Phi) is 27.0. The predicted molar refractivity (Wildman–Crippen MR) is 135 cm³/mol. The molecule has 5 heteroatoms. The summed E-state index contributed by atoms with van der Waals surface area (Å²) in [4.78, 5) is 23.8. The van der Waals surface area contributed by atoms with Gasteiger partial charge in [-0.25, -0.2) is 5.01 Å². The van der Waals surface area contributed by atoms with Crippen molar-refractivity contribution in [1.82, 2.24) is 5.43 Å². The van der Waals surface area contributed by atoms with E-state index < -0.39 is 5.92 Å². The molecule has 0 aromatic heterocycles. The molecule has 0 radical (unpaired) electrons. The minimum Gasteiger partial charge on any atom is -0.382 e. The fourth-order valence-electron chi connectivity index (χ4n) is 2.15. The Hall–Kier alpha value is -2.66. The molecular formula is C26H44N2O3. The number of allylic oxidation sites excluding steroid dienone is 3.